The van der Waals surface area contributed by atoms with Gasteiger partial charge in [-0.15, -0.1) is 0 Å². The van der Waals surface area contributed by atoms with Gasteiger partial charge in [0.2, 0.25) is 0 Å². The number of nitrogen functional groups attached to an aromatic ring is 1. The van der Waals surface area contributed by atoms with Crippen molar-refractivity contribution in [1.29, 1.82) is 0 Å². The molecule has 2 aromatic rings. The molecule has 1 aliphatic carbocycles. The summed E-state index contributed by atoms with van der Waals surface area (Å²) in [5.41, 5.74) is 10.5. The first kappa shape index (κ1) is 11.8. The lowest BCUT2D eigenvalue weighted by Gasteiger charge is -2.07. The molecule has 0 radical (unpaired) electrons. The van der Waals surface area contributed by atoms with Gasteiger partial charge in [-0.2, -0.15) is 0 Å². The van der Waals surface area contributed by atoms with Crippen LogP contribution in [0.15, 0.2) is 42.5 Å². The molecule has 3 N–H and O–H groups in total. The van der Waals surface area contributed by atoms with Gasteiger partial charge in [-0.3, -0.25) is 4.79 Å². The molecule has 0 heterocycles. The summed E-state index contributed by atoms with van der Waals surface area (Å²) < 4.78 is 0. The Kier molecular flexibility index (Phi) is 2.95. The predicted octanol–water partition coefficient (Wildman–Crippen LogP) is 3.01. The van der Waals surface area contributed by atoms with Crippen molar-refractivity contribution in [3.05, 3.63) is 59.2 Å². The molecule has 0 spiro atoms. The number of hydrogen-bond donors (Lipinski definition) is 2. The Balaban J connectivity index is 1.81. The van der Waals surface area contributed by atoms with E-state index in [2.05, 4.69) is 11.4 Å². The Morgan fingerprint density at radius 1 is 1.05 bits per heavy atom. The molecule has 0 bridgehead atoms. The molecular formula is C16H16N2O. The van der Waals surface area contributed by atoms with E-state index in [1.54, 1.807) is 12.1 Å². The summed E-state index contributed by atoms with van der Waals surface area (Å²) in [5.74, 6) is -0.0831. The minimum absolute atomic E-state index is 0.0831. The first-order valence-electron chi connectivity index (χ1n) is 6.51. The van der Waals surface area contributed by atoms with Crippen molar-refractivity contribution in [3.8, 4) is 0 Å². The molecule has 0 unspecified atom stereocenters. The smallest absolute Gasteiger partial charge is 0.255 e. The zero-order valence-electron chi connectivity index (χ0n) is 10.6. The van der Waals surface area contributed by atoms with Crippen LogP contribution in [0.25, 0.3) is 0 Å². The number of nitrogens with one attached hydrogen (secondary N) is 1. The van der Waals surface area contributed by atoms with Crippen LogP contribution in [0.4, 0.5) is 11.4 Å². The summed E-state index contributed by atoms with van der Waals surface area (Å²) in [6, 6.07) is 13.2. The molecule has 19 heavy (non-hydrogen) atoms. The molecule has 1 amide bonds. The lowest BCUT2D eigenvalue weighted by atomic mass is 10.1. The van der Waals surface area contributed by atoms with Crippen LogP contribution in [0, 0.1) is 0 Å². The highest BCUT2D eigenvalue weighted by Gasteiger charge is 2.13. The second-order valence-corrected chi connectivity index (χ2v) is 4.92. The third-order valence-corrected chi connectivity index (χ3v) is 3.51. The van der Waals surface area contributed by atoms with Crippen LogP contribution >= 0.6 is 0 Å². The first-order valence-corrected chi connectivity index (χ1v) is 6.51. The maximum atomic E-state index is 12.2. The third-order valence-electron chi connectivity index (χ3n) is 3.51. The summed E-state index contributed by atoms with van der Waals surface area (Å²) in [6.07, 6.45) is 3.40. The van der Waals surface area contributed by atoms with E-state index in [4.69, 9.17) is 5.73 Å². The number of aryl methyl sites for hydroxylation is 2. The van der Waals surface area contributed by atoms with Gasteiger partial charge in [0.15, 0.2) is 0 Å². The molecule has 96 valence electrons. The van der Waals surface area contributed by atoms with Gasteiger partial charge in [-0.05, 0) is 60.7 Å². The van der Waals surface area contributed by atoms with E-state index >= 15 is 0 Å². The van der Waals surface area contributed by atoms with Gasteiger partial charge in [-0.1, -0.05) is 12.1 Å². The van der Waals surface area contributed by atoms with E-state index in [0.29, 0.717) is 11.3 Å². The molecule has 0 aliphatic heterocycles. The Morgan fingerprint density at radius 2 is 1.89 bits per heavy atom. The summed E-state index contributed by atoms with van der Waals surface area (Å²) in [7, 11) is 0. The second kappa shape index (κ2) is 4.76. The van der Waals surface area contributed by atoms with Crippen molar-refractivity contribution in [1.82, 2.24) is 0 Å². The number of benzene rings is 2. The predicted molar refractivity (Wildman–Crippen MR) is 77.3 cm³/mol. The topological polar surface area (TPSA) is 55.1 Å². The fourth-order valence-corrected chi connectivity index (χ4v) is 2.53. The van der Waals surface area contributed by atoms with Crippen LogP contribution in [0.5, 0.6) is 0 Å². The second-order valence-electron chi connectivity index (χ2n) is 4.92. The number of hydrogen-bond acceptors (Lipinski definition) is 2. The standard InChI is InChI=1S/C16H16N2O/c17-14-5-2-6-15(10-14)18-16(19)13-8-7-11-3-1-4-12(11)9-13/h2,5-10H,1,3-4,17H2,(H,18,19). The molecule has 1 aliphatic rings. The Bertz CT molecular complexity index is 634. The Hall–Kier alpha value is -2.29. The molecule has 0 atom stereocenters. The molecule has 0 saturated carbocycles. The van der Waals surface area contributed by atoms with Gasteiger partial charge in [0.1, 0.15) is 0 Å². The van der Waals surface area contributed by atoms with Crippen molar-refractivity contribution in [2.75, 3.05) is 11.1 Å². The quantitative estimate of drug-likeness (QED) is 0.807. The highest BCUT2D eigenvalue weighted by molar-refractivity contribution is 6.04. The third kappa shape index (κ3) is 2.45. The molecule has 0 saturated heterocycles. The van der Waals surface area contributed by atoms with Crippen LogP contribution in [-0.2, 0) is 12.8 Å². The number of carbonyl (C=O) groups excluding carboxylic acids is 1. The lowest BCUT2D eigenvalue weighted by molar-refractivity contribution is 0.102. The summed E-state index contributed by atoms with van der Waals surface area (Å²) in [5, 5.41) is 2.87. The van der Waals surface area contributed by atoms with Crippen LogP contribution in [0.1, 0.15) is 27.9 Å². The summed E-state index contributed by atoms with van der Waals surface area (Å²) in [6.45, 7) is 0. The Morgan fingerprint density at radius 3 is 2.74 bits per heavy atom. The van der Waals surface area contributed by atoms with Gasteiger partial charge in [0.05, 0.1) is 0 Å². The fraction of sp³-hybridized carbons (Fsp3) is 0.188. The van der Waals surface area contributed by atoms with E-state index in [1.165, 1.54) is 17.5 Å². The van der Waals surface area contributed by atoms with E-state index in [0.717, 1.165) is 18.5 Å². The highest BCUT2D eigenvalue weighted by atomic mass is 16.1. The van der Waals surface area contributed by atoms with Crippen LogP contribution in [0.2, 0.25) is 0 Å². The van der Waals surface area contributed by atoms with Crippen LogP contribution in [0.3, 0.4) is 0 Å². The molecular weight excluding hydrogens is 236 g/mol. The lowest BCUT2D eigenvalue weighted by Crippen LogP contribution is -2.12. The normalized spacial score (nSPS) is 13.1. The molecule has 0 aromatic heterocycles. The van der Waals surface area contributed by atoms with Crippen molar-refractivity contribution < 1.29 is 4.79 Å². The molecule has 3 rings (SSSR count). The van der Waals surface area contributed by atoms with Crippen molar-refractivity contribution in [2.24, 2.45) is 0 Å². The average molecular weight is 252 g/mol. The van der Waals surface area contributed by atoms with Crippen LogP contribution in [-0.4, -0.2) is 5.91 Å². The van der Waals surface area contributed by atoms with E-state index in [-0.39, 0.29) is 5.91 Å². The number of anilines is 2. The summed E-state index contributed by atoms with van der Waals surface area (Å²) in [4.78, 5) is 12.2. The monoisotopic (exact) mass is 252 g/mol. The van der Waals surface area contributed by atoms with Crippen molar-refractivity contribution >= 4 is 17.3 Å². The van der Waals surface area contributed by atoms with Gasteiger partial charge in [0.25, 0.3) is 5.91 Å². The molecule has 3 heteroatoms. The number of carbonyl (C=O) groups is 1. The van der Waals surface area contributed by atoms with Gasteiger partial charge in [0, 0.05) is 16.9 Å². The van der Waals surface area contributed by atoms with Gasteiger partial charge < -0.3 is 11.1 Å². The number of fused-ring (bicyclic) bond motifs is 1. The minimum Gasteiger partial charge on any atom is -0.399 e. The van der Waals surface area contributed by atoms with Gasteiger partial charge in [-0.25, -0.2) is 0 Å². The minimum atomic E-state index is -0.0831. The van der Waals surface area contributed by atoms with E-state index < -0.39 is 0 Å². The van der Waals surface area contributed by atoms with Crippen molar-refractivity contribution in [3.63, 3.8) is 0 Å². The summed E-state index contributed by atoms with van der Waals surface area (Å²) >= 11 is 0. The zero-order chi connectivity index (χ0) is 13.2. The SMILES string of the molecule is Nc1cccc(NC(=O)c2ccc3c(c2)CCC3)c1. The molecule has 2 aromatic carbocycles. The molecule has 3 nitrogen and oxygen atoms in total. The zero-order valence-corrected chi connectivity index (χ0v) is 10.6. The van der Waals surface area contributed by atoms with E-state index in [1.807, 2.05) is 24.3 Å². The largest absolute Gasteiger partial charge is 0.399 e. The average Bonchev–Trinajstić information content (AvgIpc) is 2.85. The van der Waals surface area contributed by atoms with Gasteiger partial charge >= 0.3 is 0 Å². The first-order chi connectivity index (χ1) is 9.22. The van der Waals surface area contributed by atoms with Crippen LogP contribution < -0.4 is 11.1 Å². The molecule has 0 fully saturated rings. The Labute approximate surface area is 112 Å². The van der Waals surface area contributed by atoms with E-state index in [9.17, 15) is 4.79 Å². The maximum absolute atomic E-state index is 12.2. The number of rotatable bonds is 2. The fourth-order valence-electron chi connectivity index (χ4n) is 2.53. The number of amides is 1. The van der Waals surface area contributed by atoms with Crippen molar-refractivity contribution in [2.45, 2.75) is 19.3 Å². The highest BCUT2D eigenvalue weighted by Crippen LogP contribution is 2.23. The maximum Gasteiger partial charge on any atom is 0.255 e. The number of nitrogens with two attached hydrogens (primary N) is 1.